The molecule has 0 aliphatic heterocycles. The van der Waals surface area contributed by atoms with Gasteiger partial charge in [0.05, 0.1) is 6.20 Å². The van der Waals surface area contributed by atoms with Crippen molar-refractivity contribution in [1.82, 2.24) is 15.1 Å². The van der Waals surface area contributed by atoms with Gasteiger partial charge in [0.25, 0.3) is 0 Å². The third-order valence-electron chi connectivity index (χ3n) is 2.79. The SMILES string of the molecule is CCC(NCC(C)(C)CO)c1cnn(C)c1. The topological polar surface area (TPSA) is 50.1 Å². The quantitative estimate of drug-likeness (QED) is 0.771. The fourth-order valence-electron chi connectivity index (χ4n) is 1.57. The van der Waals surface area contributed by atoms with Crippen LogP contribution in [-0.2, 0) is 7.05 Å². The van der Waals surface area contributed by atoms with Crippen molar-refractivity contribution in [2.24, 2.45) is 12.5 Å². The van der Waals surface area contributed by atoms with Crippen LogP contribution in [0.1, 0.15) is 38.8 Å². The van der Waals surface area contributed by atoms with Crippen LogP contribution in [0.25, 0.3) is 0 Å². The van der Waals surface area contributed by atoms with Crippen LogP contribution in [0.3, 0.4) is 0 Å². The Morgan fingerprint density at radius 2 is 2.25 bits per heavy atom. The van der Waals surface area contributed by atoms with Crippen molar-refractivity contribution >= 4 is 0 Å². The lowest BCUT2D eigenvalue weighted by atomic mass is 9.94. The Hall–Kier alpha value is -0.870. The second-order valence-corrected chi connectivity index (χ2v) is 5.11. The third kappa shape index (κ3) is 3.61. The van der Waals surface area contributed by atoms with Gasteiger partial charge >= 0.3 is 0 Å². The van der Waals surface area contributed by atoms with Crippen LogP contribution >= 0.6 is 0 Å². The fraction of sp³-hybridized carbons (Fsp3) is 0.750. The summed E-state index contributed by atoms with van der Waals surface area (Å²) in [4.78, 5) is 0. The van der Waals surface area contributed by atoms with Gasteiger partial charge in [0.2, 0.25) is 0 Å². The molecule has 1 rings (SSSR count). The zero-order valence-electron chi connectivity index (χ0n) is 10.7. The Labute approximate surface area is 97.7 Å². The molecule has 1 aromatic rings. The molecule has 0 spiro atoms. The average Bonchev–Trinajstić information content (AvgIpc) is 2.66. The zero-order valence-corrected chi connectivity index (χ0v) is 10.7. The summed E-state index contributed by atoms with van der Waals surface area (Å²) in [5, 5.41) is 16.9. The highest BCUT2D eigenvalue weighted by molar-refractivity contribution is 5.10. The molecule has 0 aromatic carbocycles. The van der Waals surface area contributed by atoms with Gasteiger partial charge in [-0.1, -0.05) is 20.8 Å². The van der Waals surface area contributed by atoms with E-state index in [2.05, 4.69) is 31.2 Å². The van der Waals surface area contributed by atoms with Gasteiger partial charge in [-0.05, 0) is 6.42 Å². The maximum absolute atomic E-state index is 9.20. The predicted molar refractivity (Wildman–Crippen MR) is 65.1 cm³/mol. The maximum atomic E-state index is 9.20. The van der Waals surface area contributed by atoms with E-state index in [0.29, 0.717) is 6.04 Å². The Morgan fingerprint density at radius 1 is 1.56 bits per heavy atom. The first-order chi connectivity index (χ1) is 7.48. The molecule has 0 saturated carbocycles. The predicted octanol–water partition coefficient (Wildman–Crippen LogP) is 1.48. The van der Waals surface area contributed by atoms with E-state index in [1.165, 1.54) is 5.56 Å². The van der Waals surface area contributed by atoms with Gasteiger partial charge in [0, 0.05) is 43.4 Å². The van der Waals surface area contributed by atoms with Crippen molar-refractivity contribution in [2.45, 2.75) is 33.2 Å². The van der Waals surface area contributed by atoms with Crippen LogP contribution in [0, 0.1) is 5.41 Å². The van der Waals surface area contributed by atoms with Crippen LogP contribution in [0.2, 0.25) is 0 Å². The number of aliphatic hydroxyl groups excluding tert-OH is 1. The molecule has 16 heavy (non-hydrogen) atoms. The van der Waals surface area contributed by atoms with E-state index in [1.54, 1.807) is 0 Å². The summed E-state index contributed by atoms with van der Waals surface area (Å²) >= 11 is 0. The second-order valence-electron chi connectivity index (χ2n) is 5.11. The summed E-state index contributed by atoms with van der Waals surface area (Å²) in [6, 6.07) is 0.319. The minimum Gasteiger partial charge on any atom is -0.396 e. The highest BCUT2D eigenvalue weighted by Gasteiger charge is 2.19. The van der Waals surface area contributed by atoms with Crippen molar-refractivity contribution < 1.29 is 5.11 Å². The molecular weight excluding hydrogens is 202 g/mol. The number of nitrogens with zero attached hydrogens (tertiary/aromatic N) is 2. The molecule has 2 N–H and O–H groups in total. The van der Waals surface area contributed by atoms with Gasteiger partial charge in [-0.2, -0.15) is 5.10 Å². The Kier molecular flexibility index (Phi) is 4.50. The molecule has 0 aliphatic rings. The standard InChI is InChI=1S/C12H23N3O/c1-5-11(10-6-14-15(4)7-10)13-8-12(2,3)9-16/h6-7,11,13,16H,5,8-9H2,1-4H3. The summed E-state index contributed by atoms with van der Waals surface area (Å²) in [6.07, 6.45) is 4.95. The van der Waals surface area contributed by atoms with Gasteiger partial charge in [0.15, 0.2) is 0 Å². The van der Waals surface area contributed by atoms with Gasteiger partial charge in [-0.25, -0.2) is 0 Å². The molecule has 1 atom stereocenters. The van der Waals surface area contributed by atoms with E-state index >= 15 is 0 Å². The van der Waals surface area contributed by atoms with Crippen LogP contribution in [0.15, 0.2) is 12.4 Å². The first-order valence-corrected chi connectivity index (χ1v) is 5.81. The molecule has 4 heteroatoms. The highest BCUT2D eigenvalue weighted by Crippen LogP contribution is 2.18. The molecule has 4 nitrogen and oxygen atoms in total. The number of nitrogens with one attached hydrogen (secondary N) is 1. The third-order valence-corrected chi connectivity index (χ3v) is 2.79. The number of hydrogen-bond donors (Lipinski definition) is 2. The molecular formula is C12H23N3O. The molecule has 0 aliphatic carbocycles. The number of aryl methyl sites for hydroxylation is 1. The van der Waals surface area contributed by atoms with E-state index in [1.807, 2.05) is 24.1 Å². The van der Waals surface area contributed by atoms with Crippen molar-refractivity contribution in [3.8, 4) is 0 Å². The Balaban J connectivity index is 2.56. The van der Waals surface area contributed by atoms with E-state index in [9.17, 15) is 5.11 Å². The minimum atomic E-state index is -0.0738. The molecule has 0 bridgehead atoms. The second kappa shape index (κ2) is 5.46. The van der Waals surface area contributed by atoms with Gasteiger partial charge in [-0.15, -0.1) is 0 Å². The van der Waals surface area contributed by atoms with Crippen LogP contribution in [0.5, 0.6) is 0 Å². The Bertz CT molecular complexity index is 320. The number of hydrogen-bond acceptors (Lipinski definition) is 3. The lowest BCUT2D eigenvalue weighted by molar-refractivity contribution is 0.152. The van der Waals surface area contributed by atoms with Crippen molar-refractivity contribution in [3.05, 3.63) is 18.0 Å². The lowest BCUT2D eigenvalue weighted by Crippen LogP contribution is -2.34. The van der Waals surface area contributed by atoms with Crippen LogP contribution in [-0.4, -0.2) is 28.0 Å². The summed E-state index contributed by atoms with van der Waals surface area (Å²) < 4.78 is 1.82. The monoisotopic (exact) mass is 225 g/mol. The number of rotatable bonds is 6. The number of aliphatic hydroxyl groups is 1. The van der Waals surface area contributed by atoms with Crippen molar-refractivity contribution in [2.75, 3.05) is 13.2 Å². The average molecular weight is 225 g/mol. The van der Waals surface area contributed by atoms with Crippen molar-refractivity contribution in [3.63, 3.8) is 0 Å². The van der Waals surface area contributed by atoms with Crippen LogP contribution in [0.4, 0.5) is 0 Å². The lowest BCUT2D eigenvalue weighted by Gasteiger charge is -2.25. The van der Waals surface area contributed by atoms with Gasteiger partial charge < -0.3 is 10.4 Å². The van der Waals surface area contributed by atoms with E-state index in [0.717, 1.165) is 13.0 Å². The first-order valence-electron chi connectivity index (χ1n) is 5.81. The largest absolute Gasteiger partial charge is 0.396 e. The summed E-state index contributed by atoms with van der Waals surface area (Å²) in [7, 11) is 1.92. The fourth-order valence-corrected chi connectivity index (χ4v) is 1.57. The normalized spacial score (nSPS) is 14.1. The molecule has 92 valence electrons. The summed E-state index contributed by atoms with van der Waals surface area (Å²) in [5.74, 6) is 0. The van der Waals surface area contributed by atoms with Gasteiger partial charge in [0.1, 0.15) is 0 Å². The molecule has 1 unspecified atom stereocenters. The highest BCUT2D eigenvalue weighted by atomic mass is 16.3. The molecule has 0 fully saturated rings. The van der Waals surface area contributed by atoms with E-state index < -0.39 is 0 Å². The number of aromatic nitrogens is 2. The molecule has 0 saturated heterocycles. The zero-order chi connectivity index (χ0) is 12.2. The van der Waals surface area contributed by atoms with E-state index in [-0.39, 0.29) is 12.0 Å². The molecule has 0 radical (unpaired) electrons. The minimum absolute atomic E-state index is 0.0738. The summed E-state index contributed by atoms with van der Waals surface area (Å²) in [6.45, 7) is 7.25. The smallest absolute Gasteiger partial charge is 0.0537 e. The Morgan fingerprint density at radius 3 is 2.69 bits per heavy atom. The maximum Gasteiger partial charge on any atom is 0.0537 e. The molecule has 1 aromatic heterocycles. The van der Waals surface area contributed by atoms with E-state index in [4.69, 9.17) is 0 Å². The molecule has 1 heterocycles. The van der Waals surface area contributed by atoms with Crippen LogP contribution < -0.4 is 5.32 Å². The van der Waals surface area contributed by atoms with Gasteiger partial charge in [-0.3, -0.25) is 4.68 Å². The molecule has 0 amide bonds. The first kappa shape index (κ1) is 13.2. The van der Waals surface area contributed by atoms with Crippen molar-refractivity contribution in [1.29, 1.82) is 0 Å². The summed E-state index contributed by atoms with van der Waals surface area (Å²) in [5.41, 5.74) is 1.13.